The van der Waals surface area contributed by atoms with Crippen molar-refractivity contribution >= 4 is 17.5 Å². The van der Waals surface area contributed by atoms with Crippen molar-refractivity contribution in [2.24, 2.45) is 5.92 Å². The summed E-state index contributed by atoms with van der Waals surface area (Å²) in [5, 5.41) is 5.87. The lowest BCUT2D eigenvalue weighted by molar-refractivity contribution is -0.118. The summed E-state index contributed by atoms with van der Waals surface area (Å²) in [5.74, 6) is 0.728. The standard InChI is InChI=1S/C19H18N2O3/c22-17-11-24-16-10-14(8-9-15(16)20-17)19(23)21-18(13-6-7-13)12-4-2-1-3-5-12/h1-5,8-10,13,18H,6-7,11H2,(H,20,22)(H,21,23)/t18-/m1/s1. The highest BCUT2D eigenvalue weighted by Crippen LogP contribution is 2.41. The van der Waals surface area contributed by atoms with Crippen molar-refractivity contribution in [1.29, 1.82) is 0 Å². The van der Waals surface area contributed by atoms with E-state index < -0.39 is 0 Å². The molecule has 0 radical (unpaired) electrons. The lowest BCUT2D eigenvalue weighted by atomic mass is 10.0. The highest BCUT2D eigenvalue weighted by Gasteiger charge is 2.33. The number of nitrogens with one attached hydrogen (secondary N) is 2. The van der Waals surface area contributed by atoms with Gasteiger partial charge in [-0.3, -0.25) is 9.59 Å². The van der Waals surface area contributed by atoms with E-state index in [1.165, 1.54) is 0 Å². The summed E-state index contributed by atoms with van der Waals surface area (Å²) < 4.78 is 5.38. The zero-order valence-corrected chi connectivity index (χ0v) is 13.1. The molecule has 5 heteroatoms. The van der Waals surface area contributed by atoms with Crippen molar-refractivity contribution in [3.05, 3.63) is 59.7 Å². The number of benzene rings is 2. The molecule has 2 aromatic carbocycles. The first-order valence-corrected chi connectivity index (χ1v) is 8.13. The Bertz CT molecular complexity index is 784. The molecule has 1 aliphatic heterocycles. The van der Waals surface area contributed by atoms with Gasteiger partial charge in [0.25, 0.3) is 11.8 Å². The second-order valence-electron chi connectivity index (χ2n) is 6.25. The number of hydrogen-bond acceptors (Lipinski definition) is 3. The van der Waals surface area contributed by atoms with Gasteiger partial charge in [0, 0.05) is 5.56 Å². The van der Waals surface area contributed by atoms with Crippen molar-refractivity contribution in [2.45, 2.75) is 18.9 Å². The number of anilines is 1. The molecule has 0 spiro atoms. The van der Waals surface area contributed by atoms with Crippen LogP contribution in [0.3, 0.4) is 0 Å². The van der Waals surface area contributed by atoms with Crippen LogP contribution < -0.4 is 15.4 Å². The first-order valence-electron chi connectivity index (χ1n) is 8.13. The maximum atomic E-state index is 12.7. The summed E-state index contributed by atoms with van der Waals surface area (Å²) in [5.41, 5.74) is 2.27. The lowest BCUT2D eigenvalue weighted by Gasteiger charge is -2.21. The number of rotatable bonds is 4. The molecule has 0 saturated heterocycles. The Morgan fingerprint density at radius 3 is 2.71 bits per heavy atom. The Morgan fingerprint density at radius 1 is 1.17 bits per heavy atom. The van der Waals surface area contributed by atoms with E-state index in [0.717, 1.165) is 18.4 Å². The van der Waals surface area contributed by atoms with E-state index in [-0.39, 0.29) is 24.5 Å². The Labute approximate surface area is 140 Å². The first-order chi connectivity index (χ1) is 11.7. The number of carbonyl (C=O) groups is 2. The van der Waals surface area contributed by atoms with Crippen LogP contribution in [0.5, 0.6) is 5.75 Å². The number of hydrogen-bond donors (Lipinski definition) is 2. The number of carbonyl (C=O) groups excluding carboxylic acids is 2. The second kappa shape index (κ2) is 6.00. The van der Waals surface area contributed by atoms with Gasteiger partial charge in [0.2, 0.25) is 0 Å². The van der Waals surface area contributed by atoms with Crippen LogP contribution in [-0.2, 0) is 4.79 Å². The number of ether oxygens (including phenoxy) is 1. The summed E-state index contributed by atoms with van der Waals surface area (Å²) >= 11 is 0. The molecule has 0 aromatic heterocycles. The number of fused-ring (bicyclic) bond motifs is 1. The highest BCUT2D eigenvalue weighted by atomic mass is 16.5. The fraction of sp³-hybridized carbons (Fsp3) is 0.263. The van der Waals surface area contributed by atoms with Gasteiger partial charge in [0.1, 0.15) is 5.75 Å². The topological polar surface area (TPSA) is 67.4 Å². The van der Waals surface area contributed by atoms with Crippen molar-refractivity contribution in [3.63, 3.8) is 0 Å². The molecule has 2 amide bonds. The summed E-state index contributed by atoms with van der Waals surface area (Å²) in [6.45, 7) is -0.0210. The third kappa shape index (κ3) is 2.97. The fourth-order valence-electron chi connectivity index (χ4n) is 3.00. The van der Waals surface area contributed by atoms with E-state index in [1.54, 1.807) is 18.2 Å². The van der Waals surface area contributed by atoms with Crippen molar-refractivity contribution in [3.8, 4) is 5.75 Å². The van der Waals surface area contributed by atoms with Crippen molar-refractivity contribution < 1.29 is 14.3 Å². The van der Waals surface area contributed by atoms with Gasteiger partial charge in [-0.05, 0) is 42.5 Å². The molecule has 1 atom stereocenters. The summed E-state index contributed by atoms with van der Waals surface area (Å²) in [4.78, 5) is 24.0. The van der Waals surface area contributed by atoms with Crippen LogP contribution in [0.1, 0.15) is 34.8 Å². The predicted octanol–water partition coefficient (Wildman–Crippen LogP) is 2.90. The maximum absolute atomic E-state index is 12.7. The van der Waals surface area contributed by atoms with Crippen LogP contribution in [0.2, 0.25) is 0 Å². The van der Waals surface area contributed by atoms with Crippen LogP contribution in [0.25, 0.3) is 0 Å². The molecule has 0 unspecified atom stereocenters. The number of amides is 2. The molecule has 24 heavy (non-hydrogen) atoms. The normalized spacial score (nSPS) is 17.2. The largest absolute Gasteiger partial charge is 0.482 e. The highest BCUT2D eigenvalue weighted by molar-refractivity contribution is 5.99. The second-order valence-corrected chi connectivity index (χ2v) is 6.25. The summed E-state index contributed by atoms with van der Waals surface area (Å²) in [7, 11) is 0. The van der Waals surface area contributed by atoms with Crippen molar-refractivity contribution in [1.82, 2.24) is 5.32 Å². The summed E-state index contributed by atoms with van der Waals surface area (Å²) in [6, 6.07) is 15.2. The predicted molar refractivity (Wildman–Crippen MR) is 89.9 cm³/mol. The Morgan fingerprint density at radius 2 is 1.96 bits per heavy atom. The molecule has 2 aliphatic rings. The molecule has 1 aliphatic carbocycles. The van der Waals surface area contributed by atoms with Gasteiger partial charge < -0.3 is 15.4 Å². The quantitative estimate of drug-likeness (QED) is 0.909. The van der Waals surface area contributed by atoms with E-state index in [0.29, 0.717) is 22.9 Å². The molecule has 1 fully saturated rings. The van der Waals surface area contributed by atoms with Gasteiger partial charge in [0.15, 0.2) is 6.61 Å². The average Bonchev–Trinajstić information content (AvgIpc) is 3.44. The van der Waals surface area contributed by atoms with Crippen LogP contribution in [0, 0.1) is 5.92 Å². The van der Waals surface area contributed by atoms with E-state index in [2.05, 4.69) is 22.8 Å². The Hall–Kier alpha value is -2.82. The molecule has 2 N–H and O–H groups in total. The average molecular weight is 322 g/mol. The Balaban J connectivity index is 1.54. The zero-order chi connectivity index (χ0) is 16.5. The van der Waals surface area contributed by atoms with Crippen LogP contribution >= 0.6 is 0 Å². The van der Waals surface area contributed by atoms with E-state index in [9.17, 15) is 9.59 Å². The lowest BCUT2D eigenvalue weighted by Crippen LogP contribution is -2.30. The van der Waals surface area contributed by atoms with Gasteiger partial charge in [-0.2, -0.15) is 0 Å². The molecule has 1 heterocycles. The van der Waals surface area contributed by atoms with E-state index >= 15 is 0 Å². The monoisotopic (exact) mass is 322 g/mol. The van der Waals surface area contributed by atoms with Gasteiger partial charge in [-0.15, -0.1) is 0 Å². The summed E-state index contributed by atoms with van der Waals surface area (Å²) in [6.07, 6.45) is 2.28. The molecule has 2 aromatic rings. The minimum Gasteiger partial charge on any atom is -0.482 e. The molecule has 4 rings (SSSR count). The van der Waals surface area contributed by atoms with Gasteiger partial charge in [-0.25, -0.2) is 0 Å². The van der Waals surface area contributed by atoms with Crippen LogP contribution in [0.15, 0.2) is 48.5 Å². The smallest absolute Gasteiger partial charge is 0.262 e. The van der Waals surface area contributed by atoms with E-state index in [4.69, 9.17) is 4.74 Å². The third-order valence-electron chi connectivity index (χ3n) is 4.42. The Kier molecular flexibility index (Phi) is 3.69. The molecule has 122 valence electrons. The van der Waals surface area contributed by atoms with Gasteiger partial charge in [-0.1, -0.05) is 30.3 Å². The zero-order valence-electron chi connectivity index (χ0n) is 13.1. The van der Waals surface area contributed by atoms with Crippen molar-refractivity contribution in [2.75, 3.05) is 11.9 Å². The first kappa shape index (κ1) is 14.8. The SMILES string of the molecule is O=C1COc2cc(C(=O)N[C@H](c3ccccc3)C3CC3)ccc2N1. The maximum Gasteiger partial charge on any atom is 0.262 e. The van der Waals surface area contributed by atoms with E-state index in [1.807, 2.05) is 18.2 Å². The minimum absolute atomic E-state index is 0.0210. The third-order valence-corrected chi connectivity index (χ3v) is 4.42. The van der Waals surface area contributed by atoms with Crippen LogP contribution in [-0.4, -0.2) is 18.4 Å². The molecular weight excluding hydrogens is 304 g/mol. The van der Waals surface area contributed by atoms with Crippen LogP contribution in [0.4, 0.5) is 5.69 Å². The molecular formula is C19H18N2O3. The minimum atomic E-state index is -0.183. The van der Waals surface area contributed by atoms with Gasteiger partial charge >= 0.3 is 0 Å². The molecule has 5 nitrogen and oxygen atoms in total. The van der Waals surface area contributed by atoms with Gasteiger partial charge in [0.05, 0.1) is 11.7 Å². The molecule has 0 bridgehead atoms. The molecule has 1 saturated carbocycles. The fourth-order valence-corrected chi connectivity index (χ4v) is 3.00.